The van der Waals surface area contributed by atoms with Crippen LogP contribution in [0.4, 0.5) is 5.69 Å². The van der Waals surface area contributed by atoms with Crippen LogP contribution in [0.25, 0.3) is 0 Å². The van der Waals surface area contributed by atoms with Crippen molar-refractivity contribution in [1.82, 2.24) is 0 Å². The third-order valence-electron chi connectivity index (χ3n) is 3.23. The van der Waals surface area contributed by atoms with Crippen LogP contribution in [0.3, 0.4) is 0 Å². The Morgan fingerprint density at radius 3 is 2.40 bits per heavy atom. The zero-order valence-electron chi connectivity index (χ0n) is 13.7. The number of amides is 1. The van der Waals surface area contributed by atoms with Crippen molar-refractivity contribution >= 4 is 40.8 Å². The van der Waals surface area contributed by atoms with Crippen molar-refractivity contribution in [2.45, 2.75) is 20.0 Å². The van der Waals surface area contributed by atoms with Gasteiger partial charge in [0.25, 0.3) is 5.91 Å². The molecule has 0 bridgehead atoms. The molecule has 1 unspecified atom stereocenters. The van der Waals surface area contributed by atoms with Gasteiger partial charge < -0.3 is 14.8 Å². The van der Waals surface area contributed by atoms with Crippen molar-refractivity contribution in [1.29, 1.82) is 0 Å². The van der Waals surface area contributed by atoms with Crippen molar-refractivity contribution in [3.63, 3.8) is 0 Å². The van der Waals surface area contributed by atoms with E-state index >= 15 is 0 Å². The summed E-state index contributed by atoms with van der Waals surface area (Å²) in [5.41, 5.74) is 0.696. The lowest BCUT2D eigenvalue weighted by Crippen LogP contribution is -2.30. The molecule has 0 heterocycles. The molecular weight excluding hydrogens is 365 g/mol. The van der Waals surface area contributed by atoms with Crippen LogP contribution in [0.15, 0.2) is 42.5 Å². The van der Waals surface area contributed by atoms with Gasteiger partial charge in [-0.05, 0) is 56.3 Å². The van der Waals surface area contributed by atoms with Gasteiger partial charge in [0.15, 0.2) is 6.10 Å². The molecule has 1 atom stereocenters. The molecule has 2 rings (SSSR count). The Kier molecular flexibility index (Phi) is 6.67. The lowest BCUT2D eigenvalue weighted by atomic mass is 10.2. The van der Waals surface area contributed by atoms with Crippen LogP contribution in [0.1, 0.15) is 24.2 Å². The fourth-order valence-corrected chi connectivity index (χ4v) is 2.32. The van der Waals surface area contributed by atoms with Gasteiger partial charge in [-0.1, -0.05) is 23.2 Å². The van der Waals surface area contributed by atoms with E-state index in [1.54, 1.807) is 44.2 Å². The minimum atomic E-state index is -0.748. The molecule has 0 aliphatic heterocycles. The Hall–Kier alpha value is -2.24. The Morgan fingerprint density at radius 2 is 1.80 bits per heavy atom. The number of anilines is 1. The highest BCUT2D eigenvalue weighted by Crippen LogP contribution is 2.24. The van der Waals surface area contributed by atoms with Crippen LogP contribution in [0.5, 0.6) is 5.75 Å². The second-order valence-electron chi connectivity index (χ2n) is 5.12. The summed E-state index contributed by atoms with van der Waals surface area (Å²) in [7, 11) is 0. The average molecular weight is 382 g/mol. The van der Waals surface area contributed by atoms with Crippen LogP contribution in [-0.2, 0) is 9.53 Å². The Labute approximate surface area is 155 Å². The predicted octanol–water partition coefficient (Wildman–Crippen LogP) is 4.58. The zero-order chi connectivity index (χ0) is 18.4. The van der Waals surface area contributed by atoms with Crippen molar-refractivity contribution < 1.29 is 19.1 Å². The molecular formula is C18H17Cl2NO4. The lowest BCUT2D eigenvalue weighted by molar-refractivity contribution is -0.122. The molecule has 0 aliphatic carbocycles. The van der Waals surface area contributed by atoms with Crippen LogP contribution < -0.4 is 10.1 Å². The maximum Gasteiger partial charge on any atom is 0.338 e. The first-order valence-electron chi connectivity index (χ1n) is 7.60. The first kappa shape index (κ1) is 19.1. The summed E-state index contributed by atoms with van der Waals surface area (Å²) in [5.74, 6) is -0.321. The largest absolute Gasteiger partial charge is 0.481 e. The van der Waals surface area contributed by atoms with E-state index in [1.807, 2.05) is 0 Å². The van der Waals surface area contributed by atoms with Gasteiger partial charge in [0.2, 0.25) is 0 Å². The van der Waals surface area contributed by atoms with Gasteiger partial charge in [-0.25, -0.2) is 4.79 Å². The van der Waals surface area contributed by atoms with E-state index in [-0.39, 0.29) is 17.5 Å². The fourth-order valence-electron chi connectivity index (χ4n) is 1.96. The van der Waals surface area contributed by atoms with Crippen molar-refractivity contribution in [2.24, 2.45) is 0 Å². The average Bonchev–Trinajstić information content (AvgIpc) is 2.58. The minimum Gasteiger partial charge on any atom is -0.481 e. The second-order valence-corrected chi connectivity index (χ2v) is 5.96. The van der Waals surface area contributed by atoms with Gasteiger partial charge in [-0.15, -0.1) is 0 Å². The number of ether oxygens (including phenoxy) is 2. The number of hydrogen-bond acceptors (Lipinski definition) is 4. The summed E-state index contributed by atoms with van der Waals surface area (Å²) >= 11 is 11.9. The van der Waals surface area contributed by atoms with Gasteiger partial charge in [-0.3, -0.25) is 4.79 Å². The third kappa shape index (κ3) is 5.37. The normalized spacial score (nSPS) is 11.5. The topological polar surface area (TPSA) is 64.6 Å². The monoisotopic (exact) mass is 381 g/mol. The molecule has 2 aromatic carbocycles. The summed E-state index contributed by atoms with van der Waals surface area (Å²) < 4.78 is 10.5. The smallest absolute Gasteiger partial charge is 0.338 e. The number of nitrogens with one attached hydrogen (secondary N) is 1. The number of carbonyl (C=O) groups excluding carboxylic acids is 2. The first-order chi connectivity index (χ1) is 11.9. The summed E-state index contributed by atoms with van der Waals surface area (Å²) in [5, 5.41) is 3.48. The molecule has 0 radical (unpaired) electrons. The maximum absolute atomic E-state index is 12.2. The van der Waals surface area contributed by atoms with Gasteiger partial charge in [0.1, 0.15) is 5.75 Å². The number of esters is 1. The van der Waals surface area contributed by atoms with E-state index in [2.05, 4.69) is 5.32 Å². The predicted molar refractivity (Wildman–Crippen MR) is 97.6 cm³/mol. The number of halogens is 2. The first-order valence-corrected chi connectivity index (χ1v) is 8.36. The Bertz CT molecular complexity index is 762. The van der Waals surface area contributed by atoms with Crippen molar-refractivity contribution in [3.05, 3.63) is 58.1 Å². The number of rotatable bonds is 6. The maximum atomic E-state index is 12.2. The molecule has 0 fully saturated rings. The second kappa shape index (κ2) is 8.74. The molecule has 2 aromatic rings. The minimum absolute atomic E-state index is 0.234. The molecule has 0 aromatic heterocycles. The van der Waals surface area contributed by atoms with Crippen LogP contribution in [0, 0.1) is 0 Å². The van der Waals surface area contributed by atoms with Crippen LogP contribution >= 0.6 is 23.2 Å². The molecule has 0 spiro atoms. The van der Waals surface area contributed by atoms with Crippen LogP contribution in [0.2, 0.25) is 10.0 Å². The molecule has 1 amide bonds. The van der Waals surface area contributed by atoms with Gasteiger partial charge in [-0.2, -0.15) is 0 Å². The molecule has 132 valence electrons. The van der Waals surface area contributed by atoms with E-state index in [4.69, 9.17) is 32.7 Å². The SMILES string of the molecule is CCOC(=O)c1ccc(NC(=O)C(C)Oc2ccc(Cl)cc2)c(Cl)c1. The van der Waals surface area contributed by atoms with Gasteiger partial charge >= 0.3 is 5.97 Å². The van der Waals surface area contributed by atoms with E-state index in [0.29, 0.717) is 22.0 Å². The van der Waals surface area contributed by atoms with E-state index < -0.39 is 12.1 Å². The van der Waals surface area contributed by atoms with E-state index in [1.165, 1.54) is 12.1 Å². The number of carbonyl (C=O) groups is 2. The third-order valence-corrected chi connectivity index (χ3v) is 3.80. The molecule has 0 aliphatic rings. The Morgan fingerprint density at radius 1 is 1.12 bits per heavy atom. The molecule has 7 heteroatoms. The van der Waals surface area contributed by atoms with Crippen molar-refractivity contribution in [2.75, 3.05) is 11.9 Å². The van der Waals surface area contributed by atoms with Crippen LogP contribution in [-0.4, -0.2) is 24.6 Å². The summed E-state index contributed by atoms with van der Waals surface area (Å²) in [6.07, 6.45) is -0.748. The highest BCUT2D eigenvalue weighted by molar-refractivity contribution is 6.34. The number of hydrogen-bond donors (Lipinski definition) is 1. The molecule has 0 saturated heterocycles. The molecule has 25 heavy (non-hydrogen) atoms. The molecule has 1 N–H and O–H groups in total. The van der Waals surface area contributed by atoms with Gasteiger partial charge in [0, 0.05) is 5.02 Å². The summed E-state index contributed by atoms with van der Waals surface area (Å²) in [4.78, 5) is 23.9. The highest BCUT2D eigenvalue weighted by atomic mass is 35.5. The summed E-state index contributed by atoms with van der Waals surface area (Å²) in [6.45, 7) is 3.61. The van der Waals surface area contributed by atoms with Gasteiger partial charge in [0.05, 0.1) is 22.9 Å². The molecule has 0 saturated carbocycles. The fraction of sp³-hybridized carbons (Fsp3) is 0.222. The van der Waals surface area contributed by atoms with E-state index in [9.17, 15) is 9.59 Å². The quantitative estimate of drug-likeness (QED) is 0.743. The Balaban J connectivity index is 2.01. The van der Waals surface area contributed by atoms with E-state index in [0.717, 1.165) is 0 Å². The lowest BCUT2D eigenvalue weighted by Gasteiger charge is -2.15. The number of benzene rings is 2. The van der Waals surface area contributed by atoms with Crippen molar-refractivity contribution in [3.8, 4) is 5.75 Å². The molecule has 5 nitrogen and oxygen atoms in total. The summed E-state index contributed by atoms with van der Waals surface area (Å²) in [6, 6.07) is 11.2. The zero-order valence-corrected chi connectivity index (χ0v) is 15.2. The standard InChI is InChI=1S/C18H17Cl2NO4/c1-3-24-18(23)12-4-9-16(15(20)10-12)21-17(22)11(2)25-14-7-5-13(19)6-8-14/h4-11H,3H2,1-2H3,(H,21,22). The highest BCUT2D eigenvalue weighted by Gasteiger charge is 2.17.